The van der Waals surface area contributed by atoms with Gasteiger partial charge in [-0.3, -0.25) is 9.78 Å². The Kier molecular flexibility index (Phi) is 9.63. The van der Waals surface area contributed by atoms with Gasteiger partial charge in [0.2, 0.25) is 5.95 Å². The predicted octanol–water partition coefficient (Wildman–Crippen LogP) is 4.96. The van der Waals surface area contributed by atoms with E-state index in [9.17, 15) is 9.59 Å². The number of benzene rings is 1. The third kappa shape index (κ3) is 7.80. The zero-order valence-corrected chi connectivity index (χ0v) is 20.3. The second-order valence-corrected chi connectivity index (χ2v) is 8.54. The van der Waals surface area contributed by atoms with Crippen molar-refractivity contribution < 1.29 is 14.6 Å². The number of rotatable bonds is 13. The molecule has 0 unspecified atom stereocenters. The molecule has 0 saturated heterocycles. The number of aromatic amines is 1. The number of carboxylic acid groups (broad SMARTS) is 1. The summed E-state index contributed by atoms with van der Waals surface area (Å²) in [7, 11) is 0. The van der Waals surface area contributed by atoms with Crippen molar-refractivity contribution in [1.29, 1.82) is 5.41 Å². The maximum absolute atomic E-state index is 12.6. The lowest BCUT2D eigenvalue weighted by Gasteiger charge is -2.10. The van der Waals surface area contributed by atoms with E-state index in [1.807, 2.05) is 6.07 Å². The highest BCUT2D eigenvalue weighted by Gasteiger charge is 2.10. The fraction of sp³-hybridized carbons (Fsp3) is 0.292. The Hall–Kier alpha value is -3.43. The van der Waals surface area contributed by atoms with E-state index >= 15 is 0 Å². The number of unbranched alkanes of at least 4 members (excludes halogenated alkanes) is 3. The van der Waals surface area contributed by atoms with Crippen LogP contribution in [0.1, 0.15) is 53.0 Å². The van der Waals surface area contributed by atoms with Crippen molar-refractivity contribution in [2.24, 2.45) is 0 Å². The van der Waals surface area contributed by atoms with Crippen LogP contribution in [-0.4, -0.2) is 38.8 Å². The number of nitrogens with one attached hydrogen (secondary N) is 3. The average molecular weight is 518 g/mol. The number of ether oxygens (including phenoxy) is 1. The van der Waals surface area contributed by atoms with Crippen LogP contribution < -0.4 is 15.6 Å². The van der Waals surface area contributed by atoms with E-state index in [1.54, 1.807) is 18.2 Å². The first kappa shape index (κ1) is 26.2. The maximum atomic E-state index is 12.6. The Morgan fingerprint density at radius 3 is 2.63 bits per heavy atom. The maximum Gasteiger partial charge on any atom is 0.354 e. The molecule has 35 heavy (non-hydrogen) atoms. The molecule has 0 saturated carbocycles. The summed E-state index contributed by atoms with van der Waals surface area (Å²) in [5.74, 6) is -0.270. The Balaban J connectivity index is 1.43. The van der Waals surface area contributed by atoms with E-state index in [0.29, 0.717) is 46.6 Å². The molecule has 3 aromatic rings. The van der Waals surface area contributed by atoms with Crippen molar-refractivity contribution >= 4 is 41.3 Å². The third-order valence-corrected chi connectivity index (χ3v) is 5.91. The van der Waals surface area contributed by atoms with Crippen molar-refractivity contribution in [3.05, 3.63) is 79.4 Å². The quantitative estimate of drug-likeness (QED) is 0.185. The summed E-state index contributed by atoms with van der Waals surface area (Å²) < 4.78 is 5.57. The van der Waals surface area contributed by atoms with Gasteiger partial charge in [-0.2, -0.15) is 0 Å². The Morgan fingerprint density at radius 2 is 1.94 bits per heavy atom. The summed E-state index contributed by atoms with van der Waals surface area (Å²) in [5, 5.41) is 20.5. The molecule has 0 amide bonds. The highest BCUT2D eigenvalue weighted by molar-refractivity contribution is 6.42. The molecule has 9 nitrogen and oxygen atoms in total. The minimum absolute atomic E-state index is 0.0265. The predicted molar refractivity (Wildman–Crippen MR) is 135 cm³/mol. The van der Waals surface area contributed by atoms with E-state index in [2.05, 4.69) is 20.3 Å². The van der Waals surface area contributed by atoms with E-state index in [-0.39, 0.29) is 17.2 Å². The molecule has 0 bridgehead atoms. The number of carbonyl (C=O) groups is 1. The lowest BCUT2D eigenvalue weighted by atomic mass is 10.1. The summed E-state index contributed by atoms with van der Waals surface area (Å²) in [6, 6.07) is 8.24. The number of carboxylic acids is 1. The van der Waals surface area contributed by atoms with E-state index in [4.69, 9.17) is 38.5 Å². The first-order chi connectivity index (χ1) is 16.9. The Morgan fingerprint density at radius 1 is 1.14 bits per heavy atom. The van der Waals surface area contributed by atoms with Gasteiger partial charge in [0.1, 0.15) is 11.4 Å². The van der Waals surface area contributed by atoms with Crippen molar-refractivity contribution in [3.8, 4) is 5.75 Å². The second-order valence-electron chi connectivity index (χ2n) is 7.72. The highest BCUT2D eigenvalue weighted by atomic mass is 35.5. The molecular formula is C24H25Cl2N5O4. The average Bonchev–Trinajstić information content (AvgIpc) is 2.85. The molecule has 0 aliphatic rings. The van der Waals surface area contributed by atoms with Crippen molar-refractivity contribution in [1.82, 2.24) is 15.0 Å². The molecule has 2 heterocycles. The number of hydrogen-bond acceptors (Lipinski definition) is 7. The number of pyridine rings is 1. The zero-order chi connectivity index (χ0) is 25.2. The van der Waals surface area contributed by atoms with Gasteiger partial charge in [0.25, 0.3) is 5.56 Å². The molecule has 4 N–H and O–H groups in total. The number of aromatic nitrogens is 3. The molecule has 11 heteroatoms. The first-order valence-electron chi connectivity index (χ1n) is 11.0. The normalized spacial score (nSPS) is 10.7. The van der Waals surface area contributed by atoms with Gasteiger partial charge in [0.05, 0.1) is 28.5 Å². The topological polar surface area (TPSA) is 141 Å². The SMILES string of the molecule is N=Cc1nc(NCc2ccc(Cl)c(Cl)c2)[nH]c(=O)c1CCCCCCOc1ccc(C(=O)O)nc1. The molecule has 2 aromatic heterocycles. The minimum atomic E-state index is -1.08. The second kappa shape index (κ2) is 12.9. The van der Waals surface area contributed by atoms with Crippen LogP contribution >= 0.6 is 23.2 Å². The van der Waals surface area contributed by atoms with Crippen LogP contribution in [0.4, 0.5) is 5.95 Å². The minimum Gasteiger partial charge on any atom is -0.492 e. The molecule has 0 radical (unpaired) electrons. The number of nitrogens with zero attached hydrogens (tertiary/aromatic N) is 2. The molecular weight excluding hydrogens is 493 g/mol. The van der Waals surface area contributed by atoms with Crippen LogP contribution in [0, 0.1) is 5.41 Å². The van der Waals surface area contributed by atoms with Gasteiger partial charge >= 0.3 is 5.97 Å². The van der Waals surface area contributed by atoms with E-state index in [1.165, 1.54) is 12.3 Å². The number of hydrogen-bond donors (Lipinski definition) is 4. The largest absolute Gasteiger partial charge is 0.492 e. The van der Waals surface area contributed by atoms with Gasteiger partial charge < -0.3 is 20.6 Å². The summed E-state index contributed by atoms with van der Waals surface area (Å²) in [5.41, 5.74) is 1.41. The number of H-pyrrole nitrogens is 1. The molecule has 0 atom stereocenters. The van der Waals surface area contributed by atoms with Gasteiger partial charge in [-0.15, -0.1) is 0 Å². The van der Waals surface area contributed by atoms with Crippen LogP contribution in [0.2, 0.25) is 10.0 Å². The molecule has 1 aromatic carbocycles. The molecule has 0 spiro atoms. The van der Waals surface area contributed by atoms with Crippen LogP contribution in [-0.2, 0) is 13.0 Å². The summed E-state index contributed by atoms with van der Waals surface area (Å²) in [4.78, 5) is 34.3. The van der Waals surface area contributed by atoms with Gasteiger partial charge in [-0.05, 0) is 49.1 Å². The van der Waals surface area contributed by atoms with Crippen LogP contribution in [0.25, 0.3) is 0 Å². The third-order valence-electron chi connectivity index (χ3n) is 5.17. The van der Waals surface area contributed by atoms with Crippen molar-refractivity contribution in [2.45, 2.75) is 38.6 Å². The lowest BCUT2D eigenvalue weighted by molar-refractivity contribution is 0.0690. The fourth-order valence-corrected chi connectivity index (χ4v) is 3.66. The number of anilines is 1. The standard InChI is InChI=1S/C24H25Cl2N5O4/c25-18-8-6-15(11-19(18)26)13-29-24-30-21(12-27)17(22(32)31-24)5-3-1-2-4-10-35-16-7-9-20(23(33)34)28-14-16/h6-9,11-12,14,27H,1-5,10,13H2,(H,33,34)(H2,29,30,31,32). The van der Waals surface area contributed by atoms with Gasteiger partial charge in [0, 0.05) is 18.3 Å². The van der Waals surface area contributed by atoms with Crippen LogP contribution in [0.5, 0.6) is 5.75 Å². The summed E-state index contributed by atoms with van der Waals surface area (Å²) in [6.07, 6.45) is 6.36. The highest BCUT2D eigenvalue weighted by Crippen LogP contribution is 2.23. The molecule has 184 valence electrons. The van der Waals surface area contributed by atoms with Crippen molar-refractivity contribution in [2.75, 3.05) is 11.9 Å². The van der Waals surface area contributed by atoms with Crippen LogP contribution in [0.15, 0.2) is 41.3 Å². The monoisotopic (exact) mass is 517 g/mol. The Bertz CT molecular complexity index is 1230. The molecule has 0 fully saturated rings. The van der Waals surface area contributed by atoms with Gasteiger partial charge in [-0.25, -0.2) is 14.8 Å². The van der Waals surface area contributed by atoms with Gasteiger partial charge in [-0.1, -0.05) is 42.1 Å². The number of aromatic carboxylic acids is 1. The molecule has 3 rings (SSSR count). The zero-order valence-electron chi connectivity index (χ0n) is 18.8. The lowest BCUT2D eigenvalue weighted by Crippen LogP contribution is -2.20. The van der Waals surface area contributed by atoms with Gasteiger partial charge in [0.15, 0.2) is 0 Å². The van der Waals surface area contributed by atoms with Crippen molar-refractivity contribution in [3.63, 3.8) is 0 Å². The Labute approximate surface area is 212 Å². The fourth-order valence-electron chi connectivity index (χ4n) is 3.33. The molecule has 0 aliphatic carbocycles. The molecule has 0 aliphatic heterocycles. The van der Waals surface area contributed by atoms with Crippen LogP contribution in [0.3, 0.4) is 0 Å². The summed E-state index contributed by atoms with van der Waals surface area (Å²) in [6.45, 7) is 0.875. The number of halogens is 2. The summed E-state index contributed by atoms with van der Waals surface area (Å²) >= 11 is 12.0. The van der Waals surface area contributed by atoms with E-state index in [0.717, 1.165) is 37.5 Å². The smallest absolute Gasteiger partial charge is 0.354 e. The first-order valence-corrected chi connectivity index (χ1v) is 11.8. The van der Waals surface area contributed by atoms with E-state index < -0.39 is 5.97 Å².